The molecule has 1 atom stereocenters. The number of halogens is 1. The molecule has 0 amide bonds. The Kier molecular flexibility index (Phi) is 6.11. The lowest BCUT2D eigenvalue weighted by atomic mass is 9.82. The van der Waals surface area contributed by atoms with Crippen molar-refractivity contribution in [1.82, 2.24) is 15.2 Å². The van der Waals surface area contributed by atoms with Crippen molar-refractivity contribution >= 4 is 11.8 Å². The maximum absolute atomic E-state index is 14.2. The number of esters is 1. The number of amidine groups is 1. The van der Waals surface area contributed by atoms with E-state index < -0.39 is 17.3 Å². The predicted octanol–water partition coefficient (Wildman–Crippen LogP) is 2.25. The van der Waals surface area contributed by atoms with Crippen LogP contribution in [0, 0.1) is 5.82 Å². The first-order chi connectivity index (χ1) is 15.0. The van der Waals surface area contributed by atoms with Crippen LogP contribution in [0.4, 0.5) is 4.39 Å². The number of aliphatic imine (C=N–C) groups is 1. The number of nitrogens with one attached hydrogen (secondary N) is 1. The van der Waals surface area contributed by atoms with Gasteiger partial charge in [-0.2, -0.15) is 0 Å². The molecule has 31 heavy (non-hydrogen) atoms. The van der Waals surface area contributed by atoms with Gasteiger partial charge in [0.15, 0.2) is 5.84 Å². The van der Waals surface area contributed by atoms with Crippen LogP contribution in [0.3, 0.4) is 0 Å². The first-order valence-corrected chi connectivity index (χ1v) is 10.2. The molecule has 2 aromatic rings. The summed E-state index contributed by atoms with van der Waals surface area (Å²) in [5.41, 5.74) is 1.05. The normalized spacial score (nSPS) is 22.0. The third-order valence-corrected chi connectivity index (χ3v) is 5.56. The monoisotopic (exact) mass is 424 g/mol. The third-order valence-electron chi connectivity index (χ3n) is 5.56. The molecule has 2 aliphatic rings. The largest absolute Gasteiger partial charge is 0.466 e. The number of rotatable bonds is 5. The van der Waals surface area contributed by atoms with Gasteiger partial charge in [-0.3, -0.25) is 9.88 Å². The van der Waals surface area contributed by atoms with Crippen LogP contribution in [-0.4, -0.2) is 61.6 Å². The van der Waals surface area contributed by atoms with Crippen molar-refractivity contribution in [2.45, 2.75) is 12.5 Å². The second kappa shape index (κ2) is 8.95. The van der Waals surface area contributed by atoms with E-state index >= 15 is 0 Å². The quantitative estimate of drug-likeness (QED) is 0.742. The molecule has 1 unspecified atom stereocenters. The highest BCUT2D eigenvalue weighted by Gasteiger charge is 2.42. The Morgan fingerprint density at radius 2 is 2.06 bits per heavy atom. The second-order valence-corrected chi connectivity index (χ2v) is 7.62. The van der Waals surface area contributed by atoms with E-state index in [1.54, 1.807) is 25.3 Å². The number of carbonyl (C=O) groups is 1. The minimum atomic E-state index is -1.16. The molecule has 1 saturated heterocycles. The van der Waals surface area contributed by atoms with Crippen molar-refractivity contribution in [3.8, 4) is 0 Å². The molecule has 0 radical (unpaired) electrons. The van der Waals surface area contributed by atoms with Gasteiger partial charge >= 0.3 is 5.97 Å². The first kappa shape index (κ1) is 21.1. The summed E-state index contributed by atoms with van der Waals surface area (Å²) < 4.78 is 24.8. The summed E-state index contributed by atoms with van der Waals surface area (Å²) in [6, 6.07) is 11.7. The maximum Gasteiger partial charge on any atom is 0.338 e. The fraction of sp³-hybridized carbons (Fsp3) is 0.348. The van der Waals surface area contributed by atoms with Crippen molar-refractivity contribution in [2.24, 2.45) is 4.99 Å². The third kappa shape index (κ3) is 4.35. The molecule has 8 heteroatoms. The molecule has 2 aliphatic heterocycles. The highest BCUT2D eigenvalue weighted by molar-refractivity contribution is 6.03. The average molecular weight is 424 g/mol. The Morgan fingerprint density at radius 1 is 1.26 bits per heavy atom. The van der Waals surface area contributed by atoms with Gasteiger partial charge in [0.25, 0.3) is 0 Å². The average Bonchev–Trinajstić information content (AvgIpc) is 2.80. The first-order valence-electron chi connectivity index (χ1n) is 10.2. The minimum absolute atomic E-state index is 0.353. The number of aromatic nitrogens is 1. The molecular formula is C23H25FN4O3. The van der Waals surface area contributed by atoms with Crippen LogP contribution in [0.1, 0.15) is 18.2 Å². The highest BCUT2D eigenvalue weighted by atomic mass is 19.1. The molecule has 1 aromatic heterocycles. The lowest BCUT2D eigenvalue weighted by Gasteiger charge is -2.37. The van der Waals surface area contributed by atoms with E-state index in [0.717, 1.165) is 13.1 Å². The van der Waals surface area contributed by atoms with E-state index in [4.69, 9.17) is 14.5 Å². The van der Waals surface area contributed by atoms with Crippen LogP contribution in [-0.2, 0) is 19.8 Å². The Bertz CT molecular complexity index is 1020. The predicted molar refractivity (Wildman–Crippen MR) is 114 cm³/mol. The van der Waals surface area contributed by atoms with Crippen molar-refractivity contribution in [3.05, 3.63) is 77.0 Å². The van der Waals surface area contributed by atoms with E-state index in [9.17, 15) is 9.18 Å². The summed E-state index contributed by atoms with van der Waals surface area (Å²) in [6.45, 7) is 5.02. The number of hydrogen-bond acceptors (Lipinski definition) is 7. The van der Waals surface area contributed by atoms with Gasteiger partial charge in [-0.1, -0.05) is 18.2 Å². The SMILES string of the molecule is COC(=O)C1=C(CN2CCOCC2)NC(c2ccccn2)=NC1(C)c1cccc(F)c1. The molecule has 0 aliphatic carbocycles. The van der Waals surface area contributed by atoms with E-state index in [0.29, 0.717) is 48.1 Å². The lowest BCUT2D eigenvalue weighted by molar-refractivity contribution is -0.137. The summed E-state index contributed by atoms with van der Waals surface area (Å²) >= 11 is 0. The second-order valence-electron chi connectivity index (χ2n) is 7.62. The maximum atomic E-state index is 14.2. The lowest BCUT2D eigenvalue weighted by Crippen LogP contribution is -2.47. The number of benzene rings is 1. The van der Waals surface area contributed by atoms with Crippen molar-refractivity contribution in [2.75, 3.05) is 40.0 Å². The van der Waals surface area contributed by atoms with Crippen LogP contribution in [0.15, 0.2) is 64.9 Å². The summed E-state index contributed by atoms with van der Waals surface area (Å²) in [5, 5.41) is 3.31. The van der Waals surface area contributed by atoms with Crippen molar-refractivity contribution in [3.63, 3.8) is 0 Å². The summed E-state index contributed by atoms with van der Waals surface area (Å²) in [5.74, 6) is -0.389. The van der Waals surface area contributed by atoms with E-state index in [1.807, 2.05) is 18.2 Å². The Morgan fingerprint density at radius 3 is 2.74 bits per heavy atom. The van der Waals surface area contributed by atoms with E-state index in [2.05, 4.69) is 15.2 Å². The Balaban J connectivity index is 1.87. The topological polar surface area (TPSA) is 76.0 Å². The molecule has 0 saturated carbocycles. The van der Waals surface area contributed by atoms with Crippen LogP contribution >= 0.6 is 0 Å². The zero-order chi connectivity index (χ0) is 21.8. The van der Waals surface area contributed by atoms with Gasteiger partial charge in [0.1, 0.15) is 17.1 Å². The fourth-order valence-corrected chi connectivity index (χ4v) is 3.96. The number of methoxy groups -OCH3 is 1. The molecule has 162 valence electrons. The van der Waals surface area contributed by atoms with Gasteiger partial charge in [-0.25, -0.2) is 14.2 Å². The van der Waals surface area contributed by atoms with Crippen molar-refractivity contribution < 1.29 is 18.7 Å². The number of pyridine rings is 1. The number of hydrogen-bond donors (Lipinski definition) is 1. The number of carbonyl (C=O) groups excluding carboxylic acids is 1. The van der Waals surface area contributed by atoms with Crippen LogP contribution in [0.5, 0.6) is 0 Å². The highest BCUT2D eigenvalue weighted by Crippen LogP contribution is 2.39. The summed E-state index contributed by atoms with van der Waals surface area (Å²) in [7, 11) is 1.34. The molecule has 3 heterocycles. The van der Waals surface area contributed by atoms with Gasteiger partial charge in [0.05, 0.1) is 25.9 Å². The van der Waals surface area contributed by atoms with Gasteiger partial charge < -0.3 is 14.8 Å². The number of ether oxygens (including phenoxy) is 2. The van der Waals surface area contributed by atoms with Gasteiger partial charge in [-0.05, 0) is 36.8 Å². The molecular weight excluding hydrogens is 399 g/mol. The molecule has 4 rings (SSSR count). The standard InChI is InChI=1S/C23H25FN4O3/c1-23(16-6-5-7-17(24)14-16)20(22(29)30-2)19(15-28-10-12-31-13-11-28)26-21(27-23)18-8-3-4-9-25-18/h3-9,14H,10-13,15H2,1-2H3,(H,26,27). The zero-order valence-electron chi connectivity index (χ0n) is 17.6. The molecule has 1 fully saturated rings. The van der Waals surface area contributed by atoms with Crippen LogP contribution < -0.4 is 5.32 Å². The van der Waals surface area contributed by atoms with E-state index in [1.165, 1.54) is 19.2 Å². The summed E-state index contributed by atoms with van der Waals surface area (Å²) in [6.07, 6.45) is 1.68. The molecule has 0 bridgehead atoms. The smallest absolute Gasteiger partial charge is 0.338 e. The number of morpholine rings is 1. The van der Waals surface area contributed by atoms with Gasteiger partial charge in [-0.15, -0.1) is 0 Å². The van der Waals surface area contributed by atoms with Crippen molar-refractivity contribution in [1.29, 1.82) is 0 Å². The van der Waals surface area contributed by atoms with Gasteiger partial charge in [0, 0.05) is 31.5 Å². The zero-order valence-corrected chi connectivity index (χ0v) is 17.6. The van der Waals surface area contributed by atoms with Crippen LogP contribution in [0.2, 0.25) is 0 Å². The fourth-order valence-electron chi connectivity index (χ4n) is 3.96. The Labute approximate surface area is 180 Å². The number of nitrogens with zero attached hydrogens (tertiary/aromatic N) is 3. The Hall–Kier alpha value is -3.10. The molecule has 1 aromatic carbocycles. The molecule has 0 spiro atoms. The van der Waals surface area contributed by atoms with Gasteiger partial charge in [0.2, 0.25) is 0 Å². The molecule has 7 nitrogen and oxygen atoms in total. The minimum Gasteiger partial charge on any atom is -0.466 e. The summed E-state index contributed by atoms with van der Waals surface area (Å²) in [4.78, 5) is 24.5. The molecule has 1 N–H and O–H groups in total. The van der Waals surface area contributed by atoms with Crippen LogP contribution in [0.25, 0.3) is 0 Å². The van der Waals surface area contributed by atoms with E-state index in [-0.39, 0.29) is 0 Å².